The minimum Gasteiger partial charge on any atom is -0.496 e. The third-order valence-corrected chi connectivity index (χ3v) is 6.78. The third kappa shape index (κ3) is 5.63. The molecule has 0 spiro atoms. The second kappa shape index (κ2) is 10.4. The molecular formula is C20H22N4O8S. The minimum absolute atomic E-state index is 0.0276. The molecule has 13 heteroatoms. The Morgan fingerprint density at radius 1 is 1.15 bits per heavy atom. The number of nitrogens with zero attached hydrogens (tertiary/aromatic N) is 2. The number of benzene rings is 2. The zero-order valence-corrected chi connectivity index (χ0v) is 18.4. The predicted molar refractivity (Wildman–Crippen MR) is 115 cm³/mol. The summed E-state index contributed by atoms with van der Waals surface area (Å²) in [6, 6.07) is 11.4. The zero-order chi connectivity index (χ0) is 24.0. The van der Waals surface area contributed by atoms with Crippen LogP contribution in [-0.2, 0) is 30.9 Å². The van der Waals surface area contributed by atoms with Crippen molar-refractivity contribution < 1.29 is 32.4 Å². The Labute approximate surface area is 189 Å². The summed E-state index contributed by atoms with van der Waals surface area (Å²) in [5, 5.41) is 15.6. The van der Waals surface area contributed by atoms with Crippen LogP contribution in [0, 0.1) is 10.1 Å². The fraction of sp³-hybridized carbons (Fsp3) is 0.300. The Morgan fingerprint density at radius 2 is 1.82 bits per heavy atom. The number of nitrogens with one attached hydrogen (secondary N) is 2. The standard InChI is InChI=1S/C20H22N4O8S/c1-31-17-5-3-2-4-14(17)12-21-19(25)20(26)22-13-18-23(10-11-32-18)33(29,30)16-8-6-15(7-9-16)24(27)28/h2-9,18H,10-13H2,1H3,(H,21,25)(H,22,26). The van der Waals surface area contributed by atoms with Gasteiger partial charge in [0.1, 0.15) is 12.0 Å². The number of rotatable bonds is 8. The van der Waals surface area contributed by atoms with Crippen LogP contribution >= 0.6 is 0 Å². The average Bonchev–Trinajstić information content (AvgIpc) is 3.30. The molecule has 1 aliphatic rings. The van der Waals surface area contributed by atoms with E-state index in [1.54, 1.807) is 24.3 Å². The van der Waals surface area contributed by atoms with Gasteiger partial charge in [-0.2, -0.15) is 4.31 Å². The van der Waals surface area contributed by atoms with E-state index in [4.69, 9.17) is 9.47 Å². The first kappa shape index (κ1) is 24.1. The molecule has 2 aromatic carbocycles. The lowest BCUT2D eigenvalue weighted by molar-refractivity contribution is -0.384. The Balaban J connectivity index is 1.58. The molecular weight excluding hydrogens is 456 g/mol. The average molecular weight is 478 g/mol. The minimum atomic E-state index is -4.03. The summed E-state index contributed by atoms with van der Waals surface area (Å²) in [6.45, 7) is -0.0728. The van der Waals surface area contributed by atoms with Gasteiger partial charge in [0.25, 0.3) is 5.69 Å². The van der Waals surface area contributed by atoms with E-state index in [1.165, 1.54) is 7.11 Å². The number of nitro benzene ring substituents is 1. The van der Waals surface area contributed by atoms with Gasteiger partial charge < -0.3 is 20.1 Å². The SMILES string of the molecule is COc1ccccc1CNC(=O)C(=O)NCC1OCCN1S(=O)(=O)c1ccc([N+](=O)[O-])cc1. The highest BCUT2D eigenvalue weighted by molar-refractivity contribution is 7.89. The predicted octanol–water partition coefficient (Wildman–Crippen LogP) is 0.383. The first-order valence-corrected chi connectivity index (χ1v) is 11.2. The Bertz CT molecular complexity index is 1140. The number of carbonyl (C=O) groups is 2. The van der Waals surface area contributed by atoms with Crippen molar-refractivity contribution in [3.63, 3.8) is 0 Å². The number of sulfonamides is 1. The first-order valence-electron chi connectivity index (χ1n) is 9.80. The molecule has 1 fully saturated rings. The van der Waals surface area contributed by atoms with Gasteiger partial charge in [-0.05, 0) is 18.2 Å². The summed E-state index contributed by atoms with van der Waals surface area (Å²) < 4.78 is 37.4. The zero-order valence-electron chi connectivity index (χ0n) is 17.6. The highest BCUT2D eigenvalue weighted by Crippen LogP contribution is 2.24. The van der Waals surface area contributed by atoms with Crippen molar-refractivity contribution in [2.24, 2.45) is 0 Å². The largest absolute Gasteiger partial charge is 0.496 e. The van der Waals surface area contributed by atoms with Crippen LogP contribution in [0.25, 0.3) is 0 Å². The van der Waals surface area contributed by atoms with Gasteiger partial charge in [-0.15, -0.1) is 0 Å². The maximum Gasteiger partial charge on any atom is 0.309 e. The summed E-state index contributed by atoms with van der Waals surface area (Å²) >= 11 is 0. The van der Waals surface area contributed by atoms with E-state index < -0.39 is 33.0 Å². The van der Waals surface area contributed by atoms with Crippen molar-refractivity contribution in [1.82, 2.24) is 14.9 Å². The Hall–Kier alpha value is -3.55. The monoisotopic (exact) mass is 478 g/mol. The van der Waals surface area contributed by atoms with Crippen LogP contribution in [0.1, 0.15) is 5.56 Å². The molecule has 3 rings (SSSR count). The van der Waals surface area contributed by atoms with Gasteiger partial charge in [0.2, 0.25) is 10.0 Å². The number of para-hydroxylation sites is 1. The van der Waals surface area contributed by atoms with E-state index in [2.05, 4.69) is 10.6 Å². The van der Waals surface area contributed by atoms with E-state index in [0.717, 1.165) is 28.6 Å². The summed E-state index contributed by atoms with van der Waals surface area (Å²) in [5.74, 6) is -1.29. The number of hydrogen-bond donors (Lipinski definition) is 2. The van der Waals surface area contributed by atoms with E-state index in [9.17, 15) is 28.1 Å². The van der Waals surface area contributed by atoms with Crippen LogP contribution in [-0.4, -0.2) is 62.5 Å². The highest BCUT2D eigenvalue weighted by Gasteiger charge is 2.37. The molecule has 0 saturated carbocycles. The topological polar surface area (TPSA) is 157 Å². The fourth-order valence-electron chi connectivity index (χ4n) is 3.18. The van der Waals surface area contributed by atoms with Gasteiger partial charge >= 0.3 is 11.8 Å². The molecule has 0 aliphatic carbocycles. The number of ether oxygens (including phenoxy) is 2. The van der Waals surface area contributed by atoms with Gasteiger partial charge in [-0.25, -0.2) is 8.42 Å². The summed E-state index contributed by atoms with van der Waals surface area (Å²) in [7, 11) is -2.54. The van der Waals surface area contributed by atoms with Crippen molar-refractivity contribution >= 4 is 27.5 Å². The maximum atomic E-state index is 12.9. The summed E-state index contributed by atoms with van der Waals surface area (Å²) in [5.41, 5.74) is 0.440. The molecule has 2 N–H and O–H groups in total. The molecule has 2 amide bonds. The molecule has 1 unspecified atom stereocenters. The highest BCUT2D eigenvalue weighted by atomic mass is 32.2. The Morgan fingerprint density at radius 3 is 2.48 bits per heavy atom. The fourth-order valence-corrected chi connectivity index (χ4v) is 4.69. The van der Waals surface area contributed by atoms with E-state index in [0.29, 0.717) is 11.3 Å². The Kier molecular flexibility index (Phi) is 7.58. The van der Waals surface area contributed by atoms with Crippen LogP contribution in [0.2, 0.25) is 0 Å². The lowest BCUT2D eigenvalue weighted by atomic mass is 10.2. The number of non-ortho nitro benzene ring substituents is 1. The van der Waals surface area contributed by atoms with Crippen molar-refractivity contribution in [3.05, 3.63) is 64.2 Å². The number of methoxy groups -OCH3 is 1. The quantitative estimate of drug-likeness (QED) is 0.313. The van der Waals surface area contributed by atoms with Gasteiger partial charge in [0.05, 0.1) is 30.1 Å². The van der Waals surface area contributed by atoms with Crippen molar-refractivity contribution in [3.8, 4) is 5.75 Å². The van der Waals surface area contributed by atoms with Crippen molar-refractivity contribution in [1.29, 1.82) is 0 Å². The number of amides is 2. The molecule has 1 atom stereocenters. The number of carbonyl (C=O) groups excluding carboxylic acids is 2. The normalized spacial score (nSPS) is 16.2. The van der Waals surface area contributed by atoms with E-state index >= 15 is 0 Å². The summed E-state index contributed by atoms with van der Waals surface area (Å²) in [6.07, 6.45) is -1.03. The lowest BCUT2D eigenvalue weighted by Gasteiger charge is -2.22. The molecule has 1 heterocycles. The number of hydrogen-bond acceptors (Lipinski definition) is 8. The second-order valence-corrected chi connectivity index (χ2v) is 8.79. The van der Waals surface area contributed by atoms with E-state index in [1.807, 2.05) is 0 Å². The van der Waals surface area contributed by atoms with Gasteiger partial charge in [0.15, 0.2) is 0 Å². The molecule has 1 saturated heterocycles. The molecule has 1 aliphatic heterocycles. The lowest BCUT2D eigenvalue weighted by Crippen LogP contribution is -2.47. The smallest absolute Gasteiger partial charge is 0.309 e. The van der Waals surface area contributed by atoms with Crippen molar-refractivity contribution in [2.45, 2.75) is 17.7 Å². The molecule has 33 heavy (non-hydrogen) atoms. The molecule has 0 bridgehead atoms. The molecule has 0 radical (unpaired) electrons. The van der Waals surface area contributed by atoms with Crippen LogP contribution in [0.5, 0.6) is 5.75 Å². The van der Waals surface area contributed by atoms with Gasteiger partial charge in [0, 0.05) is 30.8 Å². The number of nitro groups is 1. The van der Waals surface area contributed by atoms with Crippen molar-refractivity contribution in [2.75, 3.05) is 26.8 Å². The van der Waals surface area contributed by atoms with Crippen LogP contribution in [0.3, 0.4) is 0 Å². The molecule has 12 nitrogen and oxygen atoms in total. The van der Waals surface area contributed by atoms with Gasteiger partial charge in [-0.3, -0.25) is 19.7 Å². The molecule has 2 aromatic rings. The van der Waals surface area contributed by atoms with Crippen LogP contribution in [0.15, 0.2) is 53.4 Å². The van der Waals surface area contributed by atoms with Crippen LogP contribution < -0.4 is 15.4 Å². The summed E-state index contributed by atoms with van der Waals surface area (Å²) in [4.78, 5) is 34.3. The third-order valence-electron chi connectivity index (χ3n) is 4.87. The second-order valence-electron chi connectivity index (χ2n) is 6.90. The van der Waals surface area contributed by atoms with E-state index in [-0.39, 0.29) is 36.8 Å². The first-order chi connectivity index (χ1) is 15.7. The van der Waals surface area contributed by atoms with Crippen LogP contribution in [0.4, 0.5) is 5.69 Å². The van der Waals surface area contributed by atoms with Gasteiger partial charge in [-0.1, -0.05) is 18.2 Å². The molecule has 0 aromatic heterocycles. The molecule has 176 valence electrons. The maximum absolute atomic E-state index is 12.9.